The maximum absolute atomic E-state index is 12.4. The molecule has 2 aromatic rings. The molecule has 6 nitrogen and oxygen atoms in total. The number of rotatable bonds is 5. The molecule has 0 unspecified atom stereocenters. The molecule has 1 N–H and O–H groups in total. The number of carbonyl (C=O) groups is 3. The van der Waals surface area contributed by atoms with Crippen LogP contribution in [0.2, 0.25) is 10.0 Å². The first-order valence-corrected chi connectivity index (χ1v) is 8.30. The number of ether oxygens (including phenoxy) is 1. The van der Waals surface area contributed by atoms with Gasteiger partial charge in [0, 0.05) is 25.2 Å². The standard InChI is InChI=1S/C18H16Cl2N2O4/c1-11(23)26-14-6-3-12(4-7-14)18(25)22(2)10-17(24)21-13-5-8-15(19)16(20)9-13/h3-9H,10H2,1-2H3,(H,21,24). The van der Waals surface area contributed by atoms with E-state index in [9.17, 15) is 14.4 Å². The smallest absolute Gasteiger partial charge is 0.308 e. The summed E-state index contributed by atoms with van der Waals surface area (Å²) in [4.78, 5) is 36.6. The number of esters is 1. The van der Waals surface area contributed by atoms with E-state index in [2.05, 4.69) is 5.32 Å². The second kappa shape index (κ2) is 8.69. The van der Waals surface area contributed by atoms with Gasteiger partial charge in [-0.3, -0.25) is 14.4 Å². The number of nitrogens with zero attached hydrogens (tertiary/aromatic N) is 1. The minimum absolute atomic E-state index is 0.148. The summed E-state index contributed by atoms with van der Waals surface area (Å²) in [5.41, 5.74) is 0.849. The minimum Gasteiger partial charge on any atom is -0.427 e. The molecule has 0 fully saturated rings. The van der Waals surface area contributed by atoms with Crippen molar-refractivity contribution < 1.29 is 19.1 Å². The zero-order chi connectivity index (χ0) is 19.3. The van der Waals surface area contributed by atoms with E-state index in [4.69, 9.17) is 27.9 Å². The molecule has 2 rings (SSSR count). The first-order chi connectivity index (χ1) is 12.3. The molecular weight excluding hydrogens is 379 g/mol. The molecule has 2 aromatic carbocycles. The number of amides is 2. The topological polar surface area (TPSA) is 75.7 Å². The predicted molar refractivity (Wildman–Crippen MR) is 99.8 cm³/mol. The number of nitrogens with one attached hydrogen (secondary N) is 1. The summed E-state index contributed by atoms with van der Waals surface area (Å²) < 4.78 is 4.91. The second-order valence-electron chi connectivity index (χ2n) is 5.46. The molecule has 8 heteroatoms. The van der Waals surface area contributed by atoms with Crippen LogP contribution in [-0.2, 0) is 9.59 Å². The summed E-state index contributed by atoms with van der Waals surface area (Å²) in [6.45, 7) is 1.14. The first kappa shape index (κ1) is 19.8. The van der Waals surface area contributed by atoms with Crippen LogP contribution in [0.25, 0.3) is 0 Å². The van der Waals surface area contributed by atoms with Gasteiger partial charge >= 0.3 is 5.97 Å². The zero-order valence-corrected chi connectivity index (χ0v) is 15.6. The van der Waals surface area contributed by atoms with Gasteiger partial charge in [0.1, 0.15) is 5.75 Å². The van der Waals surface area contributed by atoms with Crippen molar-refractivity contribution in [3.8, 4) is 5.75 Å². The summed E-state index contributed by atoms with van der Waals surface area (Å²) in [6.07, 6.45) is 0. The summed E-state index contributed by atoms with van der Waals surface area (Å²) in [7, 11) is 1.51. The van der Waals surface area contributed by atoms with Gasteiger partial charge in [-0.05, 0) is 42.5 Å². The van der Waals surface area contributed by atoms with Gasteiger partial charge in [-0.15, -0.1) is 0 Å². The molecule has 0 radical (unpaired) electrons. The Balaban J connectivity index is 1.96. The molecule has 0 aliphatic heterocycles. The lowest BCUT2D eigenvalue weighted by molar-refractivity contribution is -0.131. The number of carbonyl (C=O) groups excluding carboxylic acids is 3. The van der Waals surface area contributed by atoms with E-state index in [0.29, 0.717) is 27.0 Å². The van der Waals surface area contributed by atoms with E-state index in [1.807, 2.05) is 0 Å². The molecule has 0 aliphatic carbocycles. The summed E-state index contributed by atoms with van der Waals surface area (Å²) in [5.74, 6) is -0.825. The van der Waals surface area contributed by atoms with Crippen LogP contribution in [0.1, 0.15) is 17.3 Å². The largest absolute Gasteiger partial charge is 0.427 e. The molecule has 2 amide bonds. The Labute approximate surface area is 160 Å². The quantitative estimate of drug-likeness (QED) is 0.620. The molecule has 26 heavy (non-hydrogen) atoms. The Morgan fingerprint density at radius 3 is 2.27 bits per heavy atom. The Hall–Kier alpha value is -2.57. The van der Waals surface area contributed by atoms with Gasteiger partial charge in [0.15, 0.2) is 0 Å². The van der Waals surface area contributed by atoms with Gasteiger partial charge in [-0.2, -0.15) is 0 Å². The molecule has 0 atom stereocenters. The third-order valence-electron chi connectivity index (χ3n) is 3.29. The van der Waals surface area contributed by atoms with Crippen molar-refractivity contribution in [1.82, 2.24) is 4.90 Å². The molecular formula is C18H16Cl2N2O4. The predicted octanol–water partition coefficient (Wildman–Crippen LogP) is 3.63. The van der Waals surface area contributed by atoms with Crippen molar-refractivity contribution in [3.05, 3.63) is 58.1 Å². The highest BCUT2D eigenvalue weighted by Crippen LogP contribution is 2.25. The lowest BCUT2D eigenvalue weighted by Gasteiger charge is -2.17. The number of benzene rings is 2. The Bertz CT molecular complexity index is 838. The molecule has 0 aliphatic rings. The number of hydrogen-bond acceptors (Lipinski definition) is 4. The molecule has 0 heterocycles. The number of hydrogen-bond donors (Lipinski definition) is 1. The maximum atomic E-state index is 12.4. The number of halogens is 2. The van der Waals surface area contributed by atoms with Crippen molar-refractivity contribution in [3.63, 3.8) is 0 Å². The fourth-order valence-electron chi connectivity index (χ4n) is 2.11. The zero-order valence-electron chi connectivity index (χ0n) is 14.1. The van der Waals surface area contributed by atoms with Crippen LogP contribution in [0, 0.1) is 0 Å². The highest BCUT2D eigenvalue weighted by atomic mass is 35.5. The average molecular weight is 395 g/mol. The van der Waals surface area contributed by atoms with E-state index in [0.717, 1.165) is 0 Å². The fourth-order valence-corrected chi connectivity index (χ4v) is 2.41. The van der Waals surface area contributed by atoms with E-state index < -0.39 is 5.97 Å². The van der Waals surface area contributed by atoms with Crippen LogP contribution in [0.3, 0.4) is 0 Å². The van der Waals surface area contributed by atoms with E-state index in [1.54, 1.807) is 12.1 Å². The highest BCUT2D eigenvalue weighted by Gasteiger charge is 2.15. The molecule has 0 spiro atoms. The SMILES string of the molecule is CC(=O)Oc1ccc(C(=O)N(C)CC(=O)Nc2ccc(Cl)c(Cl)c2)cc1. The Morgan fingerprint density at radius 2 is 1.69 bits per heavy atom. The van der Waals surface area contributed by atoms with E-state index in [-0.39, 0.29) is 18.4 Å². The molecule has 136 valence electrons. The molecule has 0 bridgehead atoms. The van der Waals surface area contributed by atoms with Gasteiger partial charge < -0.3 is 15.0 Å². The second-order valence-corrected chi connectivity index (χ2v) is 6.27. The first-order valence-electron chi connectivity index (χ1n) is 7.55. The average Bonchev–Trinajstić information content (AvgIpc) is 2.57. The van der Waals surface area contributed by atoms with Crippen molar-refractivity contribution in [2.24, 2.45) is 0 Å². The number of anilines is 1. The van der Waals surface area contributed by atoms with Crippen LogP contribution in [-0.4, -0.2) is 36.3 Å². The van der Waals surface area contributed by atoms with Gasteiger partial charge in [0.05, 0.1) is 16.6 Å². The summed E-state index contributed by atoms with van der Waals surface area (Å²) >= 11 is 11.7. The normalized spacial score (nSPS) is 10.2. The van der Waals surface area contributed by atoms with Crippen LogP contribution >= 0.6 is 23.2 Å². The summed E-state index contributed by atoms with van der Waals surface area (Å²) in [5, 5.41) is 3.35. The summed E-state index contributed by atoms with van der Waals surface area (Å²) in [6, 6.07) is 10.8. The molecule has 0 saturated heterocycles. The minimum atomic E-state index is -0.444. The molecule has 0 aromatic heterocycles. The third-order valence-corrected chi connectivity index (χ3v) is 4.03. The number of likely N-dealkylation sites (N-methyl/N-ethyl adjacent to an activating group) is 1. The van der Waals surface area contributed by atoms with Crippen molar-refractivity contribution >= 4 is 46.7 Å². The maximum Gasteiger partial charge on any atom is 0.308 e. The lowest BCUT2D eigenvalue weighted by Crippen LogP contribution is -2.34. The third kappa shape index (κ3) is 5.47. The van der Waals surface area contributed by atoms with Crippen molar-refractivity contribution in [2.45, 2.75) is 6.92 Å². The van der Waals surface area contributed by atoms with Crippen LogP contribution in [0.5, 0.6) is 5.75 Å². The lowest BCUT2D eigenvalue weighted by atomic mass is 10.2. The fraction of sp³-hybridized carbons (Fsp3) is 0.167. The monoisotopic (exact) mass is 394 g/mol. The van der Waals surface area contributed by atoms with Crippen LogP contribution in [0.4, 0.5) is 5.69 Å². The van der Waals surface area contributed by atoms with Gasteiger partial charge in [-0.25, -0.2) is 0 Å². The Morgan fingerprint density at radius 1 is 1.04 bits per heavy atom. The van der Waals surface area contributed by atoms with Crippen molar-refractivity contribution in [1.29, 1.82) is 0 Å². The van der Waals surface area contributed by atoms with Gasteiger partial charge in [0.2, 0.25) is 5.91 Å². The van der Waals surface area contributed by atoms with Gasteiger partial charge in [-0.1, -0.05) is 23.2 Å². The molecule has 0 saturated carbocycles. The van der Waals surface area contributed by atoms with E-state index in [1.165, 1.54) is 49.2 Å². The van der Waals surface area contributed by atoms with E-state index >= 15 is 0 Å². The van der Waals surface area contributed by atoms with Gasteiger partial charge in [0.25, 0.3) is 5.91 Å². The van der Waals surface area contributed by atoms with Crippen LogP contribution < -0.4 is 10.1 Å². The Kier molecular flexibility index (Phi) is 6.60. The highest BCUT2D eigenvalue weighted by molar-refractivity contribution is 6.42. The van der Waals surface area contributed by atoms with Crippen molar-refractivity contribution in [2.75, 3.05) is 18.9 Å². The van der Waals surface area contributed by atoms with Crippen LogP contribution in [0.15, 0.2) is 42.5 Å².